The van der Waals surface area contributed by atoms with Crippen LogP contribution in [0.15, 0.2) is 62.6 Å². The van der Waals surface area contributed by atoms with Crippen LogP contribution in [0.4, 0.5) is 5.69 Å². The highest BCUT2D eigenvalue weighted by Gasteiger charge is 2.36. The third-order valence-electron chi connectivity index (χ3n) is 5.12. The molecule has 1 amide bonds. The Hall–Kier alpha value is -3.37. The molecule has 0 saturated carbocycles. The van der Waals surface area contributed by atoms with E-state index in [1.807, 2.05) is 0 Å². The zero-order valence-corrected chi connectivity index (χ0v) is 20.0. The predicted molar refractivity (Wildman–Crippen MR) is 127 cm³/mol. The van der Waals surface area contributed by atoms with Crippen LogP contribution in [0.1, 0.15) is 13.8 Å². The minimum absolute atomic E-state index is 0.0655. The monoisotopic (exact) mass is 487 g/mol. The van der Waals surface area contributed by atoms with Gasteiger partial charge in [-0.3, -0.25) is 4.79 Å². The number of carbonyl (C=O) groups is 1. The SMILES string of the molecule is COc1ccc(OC)c(S(=O)(=O)N(C(=O)C(C)C)c2cc3sc(=O)oc3c3ccccc23)c1. The first kappa shape index (κ1) is 22.8. The fourth-order valence-electron chi connectivity index (χ4n) is 3.53. The van der Waals surface area contributed by atoms with Crippen LogP contribution in [-0.2, 0) is 14.8 Å². The predicted octanol–water partition coefficient (Wildman–Crippen LogP) is 4.40. The van der Waals surface area contributed by atoms with Gasteiger partial charge in [-0.25, -0.2) is 17.5 Å². The van der Waals surface area contributed by atoms with Gasteiger partial charge in [-0.15, -0.1) is 0 Å². The Morgan fingerprint density at radius 2 is 1.73 bits per heavy atom. The smallest absolute Gasteiger partial charge is 0.396 e. The summed E-state index contributed by atoms with van der Waals surface area (Å²) in [6.45, 7) is 3.23. The van der Waals surface area contributed by atoms with Gasteiger partial charge in [0.05, 0.1) is 24.6 Å². The van der Waals surface area contributed by atoms with Crippen LogP contribution < -0.4 is 18.7 Å². The maximum absolute atomic E-state index is 14.0. The molecule has 4 rings (SSSR count). The molecule has 10 heteroatoms. The summed E-state index contributed by atoms with van der Waals surface area (Å²) in [5, 5.41) is 0.976. The molecule has 33 heavy (non-hydrogen) atoms. The summed E-state index contributed by atoms with van der Waals surface area (Å²) in [5.41, 5.74) is 0.469. The molecule has 4 aromatic rings. The number of sulfonamides is 1. The summed E-state index contributed by atoms with van der Waals surface area (Å²) in [4.78, 5) is 24.6. The number of methoxy groups -OCH3 is 2. The fraction of sp³-hybridized carbons (Fsp3) is 0.217. The molecule has 0 unspecified atom stereocenters. The van der Waals surface area contributed by atoms with Crippen LogP contribution in [0.5, 0.6) is 11.5 Å². The lowest BCUT2D eigenvalue weighted by Crippen LogP contribution is -2.40. The van der Waals surface area contributed by atoms with Crippen LogP contribution in [0.3, 0.4) is 0 Å². The van der Waals surface area contributed by atoms with Crippen LogP contribution in [0, 0.1) is 5.92 Å². The first-order valence-electron chi connectivity index (χ1n) is 9.95. The van der Waals surface area contributed by atoms with Gasteiger partial charge >= 0.3 is 4.94 Å². The van der Waals surface area contributed by atoms with E-state index >= 15 is 0 Å². The molecule has 0 radical (unpaired) electrons. The van der Waals surface area contributed by atoms with E-state index in [0.29, 0.717) is 26.8 Å². The molecule has 0 aliphatic carbocycles. The Labute approximate surface area is 194 Å². The lowest BCUT2D eigenvalue weighted by molar-refractivity contribution is -0.120. The molecule has 8 nitrogen and oxygen atoms in total. The summed E-state index contributed by atoms with van der Waals surface area (Å²) in [5.74, 6) is -0.926. The van der Waals surface area contributed by atoms with Gasteiger partial charge in [-0.1, -0.05) is 49.4 Å². The summed E-state index contributed by atoms with van der Waals surface area (Å²) < 4.78 is 45.0. The molecule has 0 aliphatic rings. The van der Waals surface area contributed by atoms with E-state index in [0.717, 1.165) is 15.6 Å². The number of nitrogens with zero attached hydrogens (tertiary/aromatic N) is 1. The highest BCUT2D eigenvalue weighted by atomic mass is 32.2. The molecule has 0 atom stereocenters. The third kappa shape index (κ3) is 3.85. The van der Waals surface area contributed by atoms with E-state index in [4.69, 9.17) is 13.9 Å². The fourth-order valence-corrected chi connectivity index (χ4v) is 5.98. The largest absolute Gasteiger partial charge is 0.497 e. The first-order valence-corrected chi connectivity index (χ1v) is 12.2. The zero-order valence-electron chi connectivity index (χ0n) is 18.3. The molecule has 3 aromatic carbocycles. The molecule has 1 aromatic heterocycles. The Balaban J connectivity index is 2.09. The highest BCUT2D eigenvalue weighted by molar-refractivity contribution is 7.93. The second-order valence-corrected chi connectivity index (χ2v) is 10.2. The van der Waals surface area contributed by atoms with Crippen LogP contribution >= 0.6 is 11.3 Å². The number of hydrogen-bond acceptors (Lipinski definition) is 8. The number of fused-ring (bicyclic) bond motifs is 3. The Kier molecular flexibility index (Phi) is 5.89. The van der Waals surface area contributed by atoms with Gasteiger partial charge in [0.25, 0.3) is 10.0 Å². The Morgan fingerprint density at radius 1 is 1.03 bits per heavy atom. The molecular weight excluding hydrogens is 466 g/mol. The summed E-state index contributed by atoms with van der Waals surface area (Å²) in [6.07, 6.45) is 0. The van der Waals surface area contributed by atoms with Crippen molar-refractivity contribution in [2.24, 2.45) is 5.92 Å². The molecule has 1 heterocycles. The molecule has 0 aliphatic heterocycles. The molecule has 0 saturated heterocycles. The molecule has 0 fully saturated rings. The minimum Gasteiger partial charge on any atom is -0.497 e. The van der Waals surface area contributed by atoms with Gasteiger partial charge in [0, 0.05) is 22.8 Å². The number of ether oxygens (including phenoxy) is 2. The van der Waals surface area contributed by atoms with Gasteiger partial charge < -0.3 is 13.9 Å². The van der Waals surface area contributed by atoms with Crippen molar-refractivity contribution >= 4 is 54.0 Å². The molecule has 0 spiro atoms. The standard InChI is InChI=1S/C23H21NO7S2/c1-13(2)22(25)24(33(27,28)20-11-14(29-3)9-10-18(20)30-4)17-12-19-21(31-23(26)32-19)16-8-6-5-7-15(16)17/h5-13H,1-4H3. The topological polar surface area (TPSA) is 103 Å². The summed E-state index contributed by atoms with van der Waals surface area (Å²) >= 11 is 0.839. The summed E-state index contributed by atoms with van der Waals surface area (Å²) in [6, 6.07) is 12.7. The lowest BCUT2D eigenvalue weighted by Gasteiger charge is -2.26. The molecule has 172 valence electrons. The third-order valence-corrected chi connectivity index (χ3v) is 7.63. The van der Waals surface area contributed by atoms with Gasteiger partial charge in [0.2, 0.25) is 5.91 Å². The number of benzene rings is 3. The lowest BCUT2D eigenvalue weighted by atomic mass is 10.1. The quantitative estimate of drug-likeness (QED) is 0.397. The van der Waals surface area contributed by atoms with E-state index in [-0.39, 0.29) is 16.3 Å². The van der Waals surface area contributed by atoms with Gasteiger partial charge in [-0.2, -0.15) is 0 Å². The molecular formula is C23H21NO7S2. The number of rotatable bonds is 6. The van der Waals surface area contributed by atoms with Gasteiger partial charge in [0.1, 0.15) is 16.4 Å². The highest BCUT2D eigenvalue weighted by Crippen LogP contribution is 2.40. The van der Waals surface area contributed by atoms with Crippen molar-refractivity contribution in [1.82, 2.24) is 0 Å². The van der Waals surface area contributed by atoms with E-state index in [9.17, 15) is 18.0 Å². The number of hydrogen-bond donors (Lipinski definition) is 0. The Bertz CT molecular complexity index is 1530. The summed E-state index contributed by atoms with van der Waals surface area (Å²) in [7, 11) is -1.69. The number of amides is 1. The van der Waals surface area contributed by atoms with Crippen molar-refractivity contribution in [3.8, 4) is 11.5 Å². The van der Waals surface area contributed by atoms with Crippen molar-refractivity contribution < 1.29 is 27.1 Å². The van der Waals surface area contributed by atoms with Crippen molar-refractivity contribution in [1.29, 1.82) is 0 Å². The average Bonchev–Trinajstić information content (AvgIpc) is 3.18. The molecule has 0 N–H and O–H groups in total. The van der Waals surface area contributed by atoms with E-state index in [2.05, 4.69) is 0 Å². The number of carbonyl (C=O) groups excluding carboxylic acids is 1. The second-order valence-electron chi connectivity index (χ2n) is 7.50. The first-order chi connectivity index (χ1) is 15.7. The normalized spacial score (nSPS) is 11.8. The van der Waals surface area contributed by atoms with Crippen LogP contribution in [0.2, 0.25) is 0 Å². The van der Waals surface area contributed by atoms with E-state index in [1.165, 1.54) is 32.4 Å². The van der Waals surface area contributed by atoms with Crippen LogP contribution in [0.25, 0.3) is 21.1 Å². The average molecular weight is 488 g/mol. The number of anilines is 1. The maximum atomic E-state index is 14.0. The van der Waals surface area contributed by atoms with Gasteiger partial charge in [0.15, 0.2) is 5.58 Å². The molecule has 0 bridgehead atoms. The minimum atomic E-state index is -4.45. The van der Waals surface area contributed by atoms with E-state index < -0.39 is 26.8 Å². The van der Waals surface area contributed by atoms with E-state index in [1.54, 1.807) is 44.2 Å². The zero-order chi connectivity index (χ0) is 23.9. The Morgan fingerprint density at radius 3 is 2.36 bits per heavy atom. The van der Waals surface area contributed by atoms with Crippen molar-refractivity contribution in [3.05, 3.63) is 58.3 Å². The van der Waals surface area contributed by atoms with Crippen molar-refractivity contribution in [3.63, 3.8) is 0 Å². The van der Waals surface area contributed by atoms with Crippen molar-refractivity contribution in [2.75, 3.05) is 18.5 Å². The maximum Gasteiger partial charge on any atom is 0.396 e. The van der Waals surface area contributed by atoms with Gasteiger partial charge in [-0.05, 0) is 18.2 Å². The second kappa shape index (κ2) is 8.53. The van der Waals surface area contributed by atoms with Crippen molar-refractivity contribution in [2.45, 2.75) is 18.7 Å². The van der Waals surface area contributed by atoms with Crippen LogP contribution in [-0.4, -0.2) is 28.5 Å².